The summed E-state index contributed by atoms with van der Waals surface area (Å²) in [5, 5.41) is 7.68. The third-order valence-electron chi connectivity index (χ3n) is 2.55. The molecule has 0 radical (unpaired) electrons. The molecule has 3 heteroatoms. The molecular formula is C14H15N3. The van der Waals surface area contributed by atoms with Gasteiger partial charge in [0, 0.05) is 11.4 Å². The zero-order chi connectivity index (χ0) is 12.3. The summed E-state index contributed by atoms with van der Waals surface area (Å²) in [6.07, 6.45) is 0. The molecule has 0 aliphatic rings. The van der Waals surface area contributed by atoms with Gasteiger partial charge in [0.15, 0.2) is 5.96 Å². The Kier molecular flexibility index (Phi) is 3.10. The highest BCUT2D eigenvalue weighted by Gasteiger charge is 2.11. The van der Waals surface area contributed by atoms with Gasteiger partial charge in [0.05, 0.1) is 0 Å². The summed E-state index contributed by atoms with van der Waals surface area (Å²) in [4.78, 5) is 1.71. The molecule has 0 heterocycles. The van der Waals surface area contributed by atoms with E-state index in [9.17, 15) is 0 Å². The van der Waals surface area contributed by atoms with E-state index in [4.69, 9.17) is 11.1 Å². The van der Waals surface area contributed by atoms with E-state index in [0.29, 0.717) is 0 Å². The minimum atomic E-state index is 0.0139. The van der Waals surface area contributed by atoms with Crippen LogP contribution < -0.4 is 10.6 Å². The molecule has 0 saturated heterocycles. The van der Waals surface area contributed by atoms with Crippen LogP contribution in [-0.4, -0.2) is 5.96 Å². The lowest BCUT2D eigenvalue weighted by Gasteiger charge is -2.22. The van der Waals surface area contributed by atoms with E-state index in [0.717, 1.165) is 11.4 Å². The second kappa shape index (κ2) is 4.70. The predicted molar refractivity (Wildman–Crippen MR) is 71.7 cm³/mol. The molecule has 0 atom stereocenters. The standard InChI is InChI=1S/C14H15N3/c1-11-7-9-13(10-8-11)17(14(15)16)12-5-3-2-4-6-12/h2-10H,1H3,(H3,15,16). The Labute approximate surface area is 101 Å². The summed E-state index contributed by atoms with van der Waals surface area (Å²) in [7, 11) is 0. The van der Waals surface area contributed by atoms with Crippen molar-refractivity contribution in [2.24, 2.45) is 5.73 Å². The van der Waals surface area contributed by atoms with Crippen molar-refractivity contribution in [1.82, 2.24) is 0 Å². The van der Waals surface area contributed by atoms with Crippen molar-refractivity contribution in [1.29, 1.82) is 5.41 Å². The zero-order valence-electron chi connectivity index (χ0n) is 9.72. The fourth-order valence-electron chi connectivity index (χ4n) is 1.70. The molecule has 2 rings (SSSR count). The molecule has 0 saturated carbocycles. The number of nitrogens with zero attached hydrogens (tertiary/aromatic N) is 1. The number of hydrogen-bond acceptors (Lipinski definition) is 1. The van der Waals surface area contributed by atoms with Crippen molar-refractivity contribution in [3.05, 3.63) is 60.2 Å². The molecule has 86 valence electrons. The molecule has 2 aromatic carbocycles. The largest absolute Gasteiger partial charge is 0.369 e. The summed E-state index contributed by atoms with van der Waals surface area (Å²) in [5.74, 6) is 0.0139. The van der Waals surface area contributed by atoms with Crippen molar-refractivity contribution < 1.29 is 0 Å². The highest BCUT2D eigenvalue weighted by molar-refractivity contribution is 5.99. The molecule has 0 unspecified atom stereocenters. The number of rotatable bonds is 2. The van der Waals surface area contributed by atoms with Crippen LogP contribution in [0, 0.1) is 12.3 Å². The van der Waals surface area contributed by atoms with Gasteiger partial charge in [0.1, 0.15) is 0 Å². The molecular weight excluding hydrogens is 210 g/mol. The summed E-state index contributed by atoms with van der Waals surface area (Å²) in [6.45, 7) is 2.03. The minimum Gasteiger partial charge on any atom is -0.369 e. The van der Waals surface area contributed by atoms with Gasteiger partial charge in [-0.25, -0.2) is 0 Å². The Hall–Kier alpha value is -2.29. The van der Waals surface area contributed by atoms with E-state index in [-0.39, 0.29) is 5.96 Å². The van der Waals surface area contributed by atoms with Crippen LogP contribution in [0.15, 0.2) is 54.6 Å². The second-order valence-corrected chi connectivity index (χ2v) is 3.89. The second-order valence-electron chi connectivity index (χ2n) is 3.89. The molecule has 0 aliphatic carbocycles. The maximum atomic E-state index is 7.68. The molecule has 2 aromatic rings. The lowest BCUT2D eigenvalue weighted by Crippen LogP contribution is -2.32. The average Bonchev–Trinajstić information content (AvgIpc) is 2.33. The van der Waals surface area contributed by atoms with E-state index in [1.54, 1.807) is 4.90 Å². The van der Waals surface area contributed by atoms with Crippen molar-refractivity contribution >= 4 is 17.3 Å². The number of hydrogen-bond donors (Lipinski definition) is 2. The molecule has 17 heavy (non-hydrogen) atoms. The fraction of sp³-hybridized carbons (Fsp3) is 0.0714. The summed E-state index contributed by atoms with van der Waals surface area (Å²) in [6, 6.07) is 17.6. The summed E-state index contributed by atoms with van der Waals surface area (Å²) in [5.41, 5.74) is 8.62. The van der Waals surface area contributed by atoms with Gasteiger partial charge in [0.2, 0.25) is 0 Å². The first-order chi connectivity index (χ1) is 8.18. The van der Waals surface area contributed by atoms with Gasteiger partial charge in [-0.1, -0.05) is 35.9 Å². The van der Waals surface area contributed by atoms with Crippen molar-refractivity contribution in [2.45, 2.75) is 6.92 Å². The van der Waals surface area contributed by atoms with Gasteiger partial charge < -0.3 is 5.73 Å². The topological polar surface area (TPSA) is 53.1 Å². The van der Waals surface area contributed by atoms with Gasteiger partial charge in [-0.15, -0.1) is 0 Å². The van der Waals surface area contributed by atoms with E-state index in [1.165, 1.54) is 5.56 Å². The number of nitrogens with one attached hydrogen (secondary N) is 1. The van der Waals surface area contributed by atoms with E-state index in [2.05, 4.69) is 0 Å². The number of nitrogens with two attached hydrogens (primary N) is 1. The molecule has 0 bridgehead atoms. The molecule has 3 nitrogen and oxygen atoms in total. The normalized spacial score (nSPS) is 9.94. The van der Waals surface area contributed by atoms with Crippen LogP contribution in [-0.2, 0) is 0 Å². The molecule has 0 fully saturated rings. The first-order valence-electron chi connectivity index (χ1n) is 5.44. The van der Waals surface area contributed by atoms with Crippen LogP contribution in [0.1, 0.15) is 5.56 Å². The van der Waals surface area contributed by atoms with E-state index < -0.39 is 0 Å². The SMILES string of the molecule is Cc1ccc(N(C(=N)N)c2ccccc2)cc1. The Morgan fingerprint density at radius 2 is 1.47 bits per heavy atom. The molecule has 3 N–H and O–H groups in total. The summed E-state index contributed by atoms with van der Waals surface area (Å²) >= 11 is 0. The highest BCUT2D eigenvalue weighted by atomic mass is 15.2. The van der Waals surface area contributed by atoms with Crippen LogP contribution in [0.25, 0.3) is 0 Å². The molecule has 0 amide bonds. The average molecular weight is 225 g/mol. The first-order valence-corrected chi connectivity index (χ1v) is 5.44. The van der Waals surface area contributed by atoms with Crippen LogP contribution in [0.5, 0.6) is 0 Å². The predicted octanol–water partition coefficient (Wildman–Crippen LogP) is 3.03. The van der Waals surface area contributed by atoms with Crippen molar-refractivity contribution in [2.75, 3.05) is 4.90 Å². The smallest absolute Gasteiger partial charge is 0.197 e. The number of guanidine groups is 1. The van der Waals surface area contributed by atoms with Crippen LogP contribution >= 0.6 is 0 Å². The number of para-hydroxylation sites is 1. The van der Waals surface area contributed by atoms with Crippen molar-refractivity contribution in [3.8, 4) is 0 Å². The number of anilines is 2. The third kappa shape index (κ3) is 2.45. The molecule has 0 spiro atoms. The van der Waals surface area contributed by atoms with Gasteiger partial charge in [0.25, 0.3) is 0 Å². The number of benzene rings is 2. The zero-order valence-corrected chi connectivity index (χ0v) is 9.72. The van der Waals surface area contributed by atoms with Gasteiger partial charge in [-0.3, -0.25) is 10.3 Å². The quantitative estimate of drug-likeness (QED) is 0.609. The van der Waals surface area contributed by atoms with Gasteiger partial charge in [-0.2, -0.15) is 0 Å². The first kappa shape index (κ1) is 11.2. The maximum Gasteiger partial charge on any atom is 0.197 e. The monoisotopic (exact) mass is 225 g/mol. The van der Waals surface area contributed by atoms with Gasteiger partial charge >= 0.3 is 0 Å². The van der Waals surface area contributed by atoms with Crippen LogP contribution in [0.3, 0.4) is 0 Å². The van der Waals surface area contributed by atoms with Crippen LogP contribution in [0.4, 0.5) is 11.4 Å². The third-order valence-corrected chi connectivity index (χ3v) is 2.55. The maximum absolute atomic E-state index is 7.68. The lowest BCUT2D eigenvalue weighted by atomic mass is 10.2. The fourth-order valence-corrected chi connectivity index (χ4v) is 1.70. The Morgan fingerprint density at radius 3 is 2.00 bits per heavy atom. The van der Waals surface area contributed by atoms with Crippen LogP contribution in [0.2, 0.25) is 0 Å². The Bertz CT molecular complexity index is 503. The Balaban J connectivity index is 2.43. The summed E-state index contributed by atoms with van der Waals surface area (Å²) < 4.78 is 0. The number of aryl methyl sites for hydroxylation is 1. The Morgan fingerprint density at radius 1 is 0.941 bits per heavy atom. The van der Waals surface area contributed by atoms with E-state index in [1.807, 2.05) is 61.5 Å². The minimum absolute atomic E-state index is 0.0139. The molecule has 0 aromatic heterocycles. The van der Waals surface area contributed by atoms with Crippen molar-refractivity contribution in [3.63, 3.8) is 0 Å². The lowest BCUT2D eigenvalue weighted by molar-refractivity contribution is 1.25. The van der Waals surface area contributed by atoms with Gasteiger partial charge in [-0.05, 0) is 31.2 Å². The highest BCUT2D eigenvalue weighted by Crippen LogP contribution is 2.24. The molecule has 0 aliphatic heterocycles. The van der Waals surface area contributed by atoms with E-state index >= 15 is 0 Å².